The molecule has 0 unspecified atom stereocenters. The minimum atomic E-state index is -0.526. The highest BCUT2D eigenvalue weighted by Gasteiger charge is 2.14. The molecular formula is C28H26FN3O4. The zero-order valence-electron chi connectivity index (χ0n) is 20.2. The number of hydrogen-bond donors (Lipinski definition) is 2. The maximum Gasteiger partial charge on any atom is 0.266 e. The molecule has 3 rings (SSSR count). The quantitative estimate of drug-likeness (QED) is 0.311. The highest BCUT2D eigenvalue weighted by atomic mass is 19.1. The number of halogens is 1. The van der Waals surface area contributed by atoms with Crippen LogP contribution in [0.25, 0.3) is 6.08 Å². The number of nitriles is 1. The van der Waals surface area contributed by atoms with Gasteiger partial charge in [0.1, 0.15) is 17.5 Å². The monoisotopic (exact) mass is 487 g/mol. The minimum absolute atomic E-state index is 0.0781. The average molecular weight is 488 g/mol. The van der Waals surface area contributed by atoms with Gasteiger partial charge in [-0.2, -0.15) is 5.26 Å². The number of rotatable bonds is 9. The molecule has 0 radical (unpaired) electrons. The Morgan fingerprint density at radius 3 is 2.44 bits per heavy atom. The zero-order chi connectivity index (χ0) is 26.1. The zero-order valence-corrected chi connectivity index (χ0v) is 20.2. The summed E-state index contributed by atoms with van der Waals surface area (Å²) in [6.45, 7) is 5.68. The first-order chi connectivity index (χ1) is 17.3. The molecule has 0 aromatic heterocycles. The summed E-state index contributed by atoms with van der Waals surface area (Å²) in [5.74, 6) is -0.679. The van der Waals surface area contributed by atoms with Gasteiger partial charge in [-0.25, -0.2) is 4.39 Å². The molecule has 2 N–H and O–H groups in total. The first kappa shape index (κ1) is 26.0. The van der Waals surface area contributed by atoms with Crippen molar-refractivity contribution in [2.45, 2.75) is 20.8 Å². The van der Waals surface area contributed by atoms with Gasteiger partial charge in [0.15, 0.2) is 18.1 Å². The molecule has 3 aromatic carbocycles. The molecule has 0 aliphatic carbocycles. The van der Waals surface area contributed by atoms with Crippen LogP contribution in [-0.2, 0) is 9.59 Å². The lowest BCUT2D eigenvalue weighted by Gasteiger charge is -2.13. The van der Waals surface area contributed by atoms with E-state index in [0.29, 0.717) is 35.0 Å². The minimum Gasteiger partial charge on any atom is -0.490 e. The summed E-state index contributed by atoms with van der Waals surface area (Å²) in [6, 6.07) is 17.7. The Kier molecular flexibility index (Phi) is 8.79. The van der Waals surface area contributed by atoms with Gasteiger partial charge in [-0.15, -0.1) is 0 Å². The Morgan fingerprint density at radius 1 is 1.00 bits per heavy atom. The molecule has 36 heavy (non-hydrogen) atoms. The second kappa shape index (κ2) is 12.2. The van der Waals surface area contributed by atoms with E-state index in [9.17, 15) is 19.2 Å². The van der Waals surface area contributed by atoms with Crippen LogP contribution in [0.4, 0.5) is 15.8 Å². The summed E-state index contributed by atoms with van der Waals surface area (Å²) in [4.78, 5) is 24.9. The fraction of sp³-hybridized carbons (Fsp3) is 0.179. The molecule has 184 valence electrons. The maximum absolute atomic E-state index is 13.0. The summed E-state index contributed by atoms with van der Waals surface area (Å²) in [5.41, 5.74) is 3.50. The molecule has 0 atom stereocenters. The average Bonchev–Trinajstić information content (AvgIpc) is 2.86. The van der Waals surface area contributed by atoms with E-state index in [4.69, 9.17) is 9.47 Å². The van der Waals surface area contributed by atoms with E-state index in [1.54, 1.807) is 31.2 Å². The number of amides is 2. The number of nitrogens with one attached hydrogen (secondary N) is 2. The van der Waals surface area contributed by atoms with Crippen molar-refractivity contribution in [3.8, 4) is 17.6 Å². The lowest BCUT2D eigenvalue weighted by Crippen LogP contribution is -2.20. The molecule has 2 amide bonds. The highest BCUT2D eigenvalue weighted by molar-refractivity contribution is 6.10. The molecule has 0 bridgehead atoms. The molecule has 8 heteroatoms. The first-order valence-corrected chi connectivity index (χ1v) is 11.2. The van der Waals surface area contributed by atoms with Gasteiger partial charge >= 0.3 is 0 Å². The third kappa shape index (κ3) is 6.93. The lowest BCUT2D eigenvalue weighted by atomic mass is 10.1. The molecular weight excluding hydrogens is 461 g/mol. The smallest absolute Gasteiger partial charge is 0.266 e. The van der Waals surface area contributed by atoms with E-state index >= 15 is 0 Å². The van der Waals surface area contributed by atoms with Crippen molar-refractivity contribution in [1.29, 1.82) is 5.26 Å². The number of carbonyl (C=O) groups is 2. The second-order valence-electron chi connectivity index (χ2n) is 7.85. The van der Waals surface area contributed by atoms with Gasteiger partial charge in [0, 0.05) is 11.4 Å². The van der Waals surface area contributed by atoms with Crippen LogP contribution in [0.3, 0.4) is 0 Å². The standard InChI is InChI=1S/C28H26FN3O4/c1-4-35-26-15-20(14-21(16-30)28(34)32-24-7-5-6-18(2)19(24)3)8-13-25(26)36-17-27(33)31-23-11-9-22(29)10-12-23/h5-15H,4,17H2,1-3H3,(H,31,33)(H,32,34). The number of aryl methyl sites for hydroxylation is 1. The predicted molar refractivity (Wildman–Crippen MR) is 136 cm³/mol. The molecule has 0 heterocycles. The van der Waals surface area contributed by atoms with E-state index in [-0.39, 0.29) is 12.2 Å². The maximum atomic E-state index is 13.0. The van der Waals surface area contributed by atoms with Crippen molar-refractivity contribution in [1.82, 2.24) is 0 Å². The Labute approximate surface area is 209 Å². The van der Waals surface area contributed by atoms with E-state index in [1.807, 2.05) is 32.0 Å². The predicted octanol–water partition coefficient (Wildman–Crippen LogP) is 5.40. The Morgan fingerprint density at radius 2 is 1.75 bits per heavy atom. The highest BCUT2D eigenvalue weighted by Crippen LogP contribution is 2.30. The summed E-state index contributed by atoms with van der Waals surface area (Å²) < 4.78 is 24.3. The molecule has 7 nitrogen and oxygen atoms in total. The largest absolute Gasteiger partial charge is 0.490 e. The molecule has 0 saturated heterocycles. The first-order valence-electron chi connectivity index (χ1n) is 11.2. The van der Waals surface area contributed by atoms with E-state index in [2.05, 4.69) is 10.6 Å². The normalized spacial score (nSPS) is 10.8. The van der Waals surface area contributed by atoms with Crippen LogP contribution >= 0.6 is 0 Å². The lowest BCUT2D eigenvalue weighted by molar-refractivity contribution is -0.118. The van der Waals surface area contributed by atoms with Crippen molar-refractivity contribution in [3.05, 3.63) is 88.7 Å². The Hall–Kier alpha value is -4.64. The van der Waals surface area contributed by atoms with Gasteiger partial charge < -0.3 is 20.1 Å². The van der Waals surface area contributed by atoms with Crippen molar-refractivity contribution in [2.75, 3.05) is 23.8 Å². The summed E-state index contributed by atoms with van der Waals surface area (Å²) in [6.07, 6.45) is 1.45. The third-order valence-corrected chi connectivity index (χ3v) is 5.28. The van der Waals surface area contributed by atoms with Crippen LogP contribution in [0.2, 0.25) is 0 Å². The number of hydrogen-bond acceptors (Lipinski definition) is 5. The number of ether oxygens (including phenoxy) is 2. The van der Waals surface area contributed by atoms with Crippen molar-refractivity contribution >= 4 is 29.3 Å². The van der Waals surface area contributed by atoms with E-state index in [0.717, 1.165) is 11.1 Å². The van der Waals surface area contributed by atoms with Gasteiger partial charge in [0.05, 0.1) is 6.61 Å². The number of anilines is 2. The fourth-order valence-corrected chi connectivity index (χ4v) is 3.27. The van der Waals surface area contributed by atoms with Crippen LogP contribution in [0.1, 0.15) is 23.6 Å². The number of benzene rings is 3. The molecule has 0 aliphatic heterocycles. The number of carbonyl (C=O) groups excluding carboxylic acids is 2. The van der Waals surface area contributed by atoms with Crippen LogP contribution in [0.15, 0.2) is 66.2 Å². The molecule has 0 spiro atoms. The van der Waals surface area contributed by atoms with Crippen LogP contribution in [0.5, 0.6) is 11.5 Å². The Bertz CT molecular complexity index is 1330. The van der Waals surface area contributed by atoms with Gasteiger partial charge in [0.25, 0.3) is 11.8 Å². The summed E-state index contributed by atoms with van der Waals surface area (Å²) >= 11 is 0. The second-order valence-corrected chi connectivity index (χ2v) is 7.85. The Balaban J connectivity index is 1.72. The van der Waals surface area contributed by atoms with Gasteiger partial charge in [-0.1, -0.05) is 18.2 Å². The van der Waals surface area contributed by atoms with E-state index < -0.39 is 17.6 Å². The summed E-state index contributed by atoms with van der Waals surface area (Å²) in [5, 5.41) is 15.0. The van der Waals surface area contributed by atoms with Gasteiger partial charge in [-0.05, 0) is 86.0 Å². The van der Waals surface area contributed by atoms with Crippen LogP contribution in [0, 0.1) is 31.0 Å². The van der Waals surface area contributed by atoms with Crippen molar-refractivity contribution in [2.24, 2.45) is 0 Å². The molecule has 0 saturated carbocycles. The van der Waals surface area contributed by atoms with Crippen LogP contribution in [-0.4, -0.2) is 25.0 Å². The molecule has 0 fully saturated rings. The molecule has 0 aliphatic rings. The topological polar surface area (TPSA) is 100 Å². The van der Waals surface area contributed by atoms with Crippen LogP contribution < -0.4 is 20.1 Å². The fourth-order valence-electron chi connectivity index (χ4n) is 3.27. The number of nitrogens with zero attached hydrogens (tertiary/aromatic N) is 1. The summed E-state index contributed by atoms with van der Waals surface area (Å²) in [7, 11) is 0. The third-order valence-electron chi connectivity index (χ3n) is 5.28. The van der Waals surface area contributed by atoms with Gasteiger partial charge in [0.2, 0.25) is 0 Å². The van der Waals surface area contributed by atoms with Crippen molar-refractivity contribution < 1.29 is 23.5 Å². The molecule has 3 aromatic rings. The van der Waals surface area contributed by atoms with Crippen molar-refractivity contribution in [3.63, 3.8) is 0 Å². The van der Waals surface area contributed by atoms with E-state index in [1.165, 1.54) is 30.3 Å². The SMILES string of the molecule is CCOc1cc(C=C(C#N)C(=O)Nc2cccc(C)c2C)ccc1OCC(=O)Nc1ccc(F)cc1. The van der Waals surface area contributed by atoms with Gasteiger partial charge in [-0.3, -0.25) is 9.59 Å².